The van der Waals surface area contributed by atoms with E-state index in [0.29, 0.717) is 13.1 Å². The Morgan fingerprint density at radius 2 is 2.00 bits per heavy atom. The molecule has 2 amide bonds. The van der Waals surface area contributed by atoms with Gasteiger partial charge in [-0.05, 0) is 19.1 Å². The lowest BCUT2D eigenvalue weighted by Crippen LogP contribution is -2.41. The molecular weight excluding hydrogens is 264 g/mol. The number of urea groups is 1. The topological polar surface area (TPSA) is 45.5 Å². The number of hydrogen-bond donors (Lipinski definition) is 1. The number of nitrogens with zero attached hydrogens (tertiary/aromatic N) is 1. The predicted molar refractivity (Wildman–Crippen MR) is 85.1 cm³/mol. The van der Waals surface area contributed by atoms with Crippen molar-refractivity contribution in [2.24, 2.45) is 0 Å². The lowest BCUT2D eigenvalue weighted by atomic mass is 10.2. The molecule has 2 aromatic rings. The van der Waals surface area contributed by atoms with E-state index in [9.17, 15) is 4.79 Å². The van der Waals surface area contributed by atoms with Crippen LogP contribution in [0.2, 0.25) is 0 Å². The number of nitrogens with one attached hydrogen (secondary N) is 1. The molecule has 21 heavy (non-hydrogen) atoms. The number of furan rings is 1. The molecule has 2 rings (SSSR count). The normalized spacial score (nSPS) is 11.9. The van der Waals surface area contributed by atoms with Crippen molar-refractivity contribution in [1.82, 2.24) is 10.2 Å². The molecule has 1 unspecified atom stereocenters. The molecule has 0 aliphatic heterocycles. The van der Waals surface area contributed by atoms with Crippen LogP contribution in [0.1, 0.15) is 18.7 Å². The molecule has 1 N–H and O–H groups in total. The Hall–Kier alpha value is -2.49. The van der Waals surface area contributed by atoms with Crippen molar-refractivity contribution in [3.63, 3.8) is 0 Å². The second-order valence-corrected chi connectivity index (χ2v) is 4.84. The Balaban J connectivity index is 2.08. The minimum Gasteiger partial charge on any atom is -0.459 e. The second-order valence-electron chi connectivity index (χ2n) is 4.84. The monoisotopic (exact) mass is 284 g/mol. The summed E-state index contributed by atoms with van der Waals surface area (Å²) in [4.78, 5) is 13.8. The Labute approximate surface area is 124 Å². The van der Waals surface area contributed by atoms with Crippen molar-refractivity contribution in [2.45, 2.75) is 13.0 Å². The number of rotatable bonds is 6. The molecule has 1 aromatic carbocycles. The minimum absolute atomic E-state index is 0.164. The quantitative estimate of drug-likeness (QED) is 0.818. The second kappa shape index (κ2) is 6.79. The van der Waals surface area contributed by atoms with Crippen molar-refractivity contribution in [1.29, 1.82) is 0 Å². The number of benzene rings is 1. The van der Waals surface area contributed by atoms with Crippen LogP contribution in [0.3, 0.4) is 0 Å². The highest BCUT2D eigenvalue weighted by atomic mass is 16.3. The highest BCUT2D eigenvalue weighted by molar-refractivity contribution is 5.78. The molecule has 4 nitrogen and oxygen atoms in total. The van der Waals surface area contributed by atoms with Crippen LogP contribution in [-0.2, 0) is 0 Å². The summed E-state index contributed by atoms with van der Waals surface area (Å²) in [5.74, 6) is 0.738. The average molecular weight is 284 g/mol. The first-order chi connectivity index (χ1) is 10.2. The molecule has 0 saturated heterocycles. The van der Waals surface area contributed by atoms with Gasteiger partial charge >= 0.3 is 6.03 Å². The smallest absolute Gasteiger partial charge is 0.318 e. The van der Waals surface area contributed by atoms with E-state index in [4.69, 9.17) is 4.42 Å². The van der Waals surface area contributed by atoms with Gasteiger partial charge in [0.2, 0.25) is 0 Å². The molecular formula is C17H20N2O2. The molecule has 1 atom stereocenters. The Bertz CT molecular complexity index is 602. The van der Waals surface area contributed by atoms with E-state index < -0.39 is 0 Å². The maximum Gasteiger partial charge on any atom is 0.318 e. The number of hydrogen-bond acceptors (Lipinski definition) is 2. The van der Waals surface area contributed by atoms with Crippen molar-refractivity contribution < 1.29 is 9.21 Å². The van der Waals surface area contributed by atoms with Crippen LogP contribution in [0.5, 0.6) is 0 Å². The molecule has 1 heterocycles. The molecule has 4 heteroatoms. The van der Waals surface area contributed by atoms with Gasteiger partial charge in [0.1, 0.15) is 11.3 Å². The summed E-state index contributed by atoms with van der Waals surface area (Å²) in [5.41, 5.74) is 0.822. The first-order valence-corrected chi connectivity index (χ1v) is 6.91. The third-order valence-electron chi connectivity index (χ3n) is 3.20. The van der Waals surface area contributed by atoms with E-state index >= 15 is 0 Å². The molecule has 0 spiro atoms. The fourth-order valence-electron chi connectivity index (χ4n) is 2.12. The van der Waals surface area contributed by atoms with Crippen LogP contribution in [0.4, 0.5) is 4.79 Å². The van der Waals surface area contributed by atoms with Crippen LogP contribution in [0.25, 0.3) is 11.0 Å². The summed E-state index contributed by atoms with van der Waals surface area (Å²) in [7, 11) is 0. The predicted octanol–water partition coefficient (Wildman–Crippen LogP) is 3.88. The van der Waals surface area contributed by atoms with Crippen LogP contribution < -0.4 is 5.32 Å². The number of carbonyl (C=O) groups is 1. The van der Waals surface area contributed by atoms with Gasteiger partial charge in [0.25, 0.3) is 0 Å². The molecule has 0 bridgehead atoms. The van der Waals surface area contributed by atoms with Gasteiger partial charge in [0, 0.05) is 18.5 Å². The van der Waals surface area contributed by atoms with E-state index in [2.05, 4.69) is 18.5 Å². The Kier molecular flexibility index (Phi) is 4.82. The van der Waals surface area contributed by atoms with Crippen LogP contribution in [0.15, 0.2) is 60.1 Å². The maximum atomic E-state index is 12.2. The van der Waals surface area contributed by atoms with Gasteiger partial charge in [-0.25, -0.2) is 4.79 Å². The van der Waals surface area contributed by atoms with Crippen molar-refractivity contribution in [3.05, 3.63) is 61.4 Å². The van der Waals surface area contributed by atoms with Crippen LogP contribution >= 0.6 is 0 Å². The largest absolute Gasteiger partial charge is 0.459 e. The van der Waals surface area contributed by atoms with Gasteiger partial charge in [0.05, 0.1) is 6.04 Å². The highest BCUT2D eigenvalue weighted by Crippen LogP contribution is 2.23. The summed E-state index contributed by atoms with van der Waals surface area (Å²) >= 11 is 0. The van der Waals surface area contributed by atoms with Crippen LogP contribution in [-0.4, -0.2) is 24.0 Å². The number of para-hydroxylation sites is 1. The summed E-state index contributed by atoms with van der Waals surface area (Å²) in [6, 6.07) is 9.36. The molecule has 0 radical (unpaired) electrons. The Morgan fingerprint density at radius 3 is 2.62 bits per heavy atom. The van der Waals surface area contributed by atoms with Crippen LogP contribution in [0, 0.1) is 0 Å². The van der Waals surface area contributed by atoms with Gasteiger partial charge in [-0.3, -0.25) is 0 Å². The van der Waals surface area contributed by atoms with Crippen molar-refractivity contribution >= 4 is 17.0 Å². The maximum absolute atomic E-state index is 12.2. The Morgan fingerprint density at radius 1 is 1.33 bits per heavy atom. The van der Waals surface area contributed by atoms with Gasteiger partial charge < -0.3 is 14.6 Å². The fourth-order valence-corrected chi connectivity index (χ4v) is 2.12. The minimum atomic E-state index is -0.206. The van der Waals surface area contributed by atoms with E-state index in [1.165, 1.54) is 0 Å². The summed E-state index contributed by atoms with van der Waals surface area (Å²) in [5, 5.41) is 3.95. The van der Waals surface area contributed by atoms with E-state index in [-0.39, 0.29) is 12.1 Å². The van der Waals surface area contributed by atoms with Crippen molar-refractivity contribution in [2.75, 3.05) is 13.1 Å². The molecule has 0 aliphatic carbocycles. The number of fused-ring (bicyclic) bond motifs is 1. The number of amides is 2. The number of carbonyl (C=O) groups excluding carboxylic acids is 1. The van der Waals surface area contributed by atoms with Gasteiger partial charge in [-0.2, -0.15) is 0 Å². The van der Waals surface area contributed by atoms with E-state index in [0.717, 1.165) is 16.7 Å². The zero-order valence-electron chi connectivity index (χ0n) is 12.2. The zero-order valence-corrected chi connectivity index (χ0v) is 12.2. The lowest BCUT2D eigenvalue weighted by molar-refractivity contribution is 0.203. The molecule has 0 aliphatic rings. The molecule has 110 valence electrons. The standard InChI is InChI=1S/C17H20N2O2/c1-4-10-19(11-5-2)17(20)18-13(3)16-12-14-8-6-7-9-15(14)21-16/h4-9,12-13H,1-2,10-11H2,3H3,(H,18,20). The first-order valence-electron chi connectivity index (χ1n) is 6.91. The van der Waals surface area contributed by atoms with Crippen molar-refractivity contribution in [3.8, 4) is 0 Å². The summed E-state index contributed by atoms with van der Waals surface area (Å²) in [6.45, 7) is 10.2. The SMILES string of the molecule is C=CCN(CC=C)C(=O)NC(C)c1cc2ccccc2o1. The lowest BCUT2D eigenvalue weighted by Gasteiger charge is -2.22. The molecule has 0 fully saturated rings. The third kappa shape index (κ3) is 3.54. The van der Waals surface area contributed by atoms with E-state index in [1.54, 1.807) is 17.1 Å². The summed E-state index contributed by atoms with van der Waals surface area (Å²) < 4.78 is 5.76. The first kappa shape index (κ1) is 14.9. The fraction of sp³-hybridized carbons (Fsp3) is 0.235. The summed E-state index contributed by atoms with van der Waals surface area (Å²) in [6.07, 6.45) is 3.38. The van der Waals surface area contributed by atoms with Gasteiger partial charge in [-0.1, -0.05) is 30.4 Å². The molecule has 1 aromatic heterocycles. The van der Waals surface area contributed by atoms with Gasteiger partial charge in [-0.15, -0.1) is 13.2 Å². The van der Waals surface area contributed by atoms with Gasteiger partial charge in [0.15, 0.2) is 0 Å². The van der Waals surface area contributed by atoms with E-state index in [1.807, 2.05) is 37.3 Å². The average Bonchev–Trinajstić information content (AvgIpc) is 2.91. The molecule has 0 saturated carbocycles. The zero-order chi connectivity index (χ0) is 15.2. The third-order valence-corrected chi connectivity index (χ3v) is 3.20. The highest BCUT2D eigenvalue weighted by Gasteiger charge is 2.17.